The van der Waals surface area contributed by atoms with E-state index in [1.165, 1.54) is 11.9 Å². The van der Waals surface area contributed by atoms with E-state index in [0.29, 0.717) is 5.92 Å². The number of carbonyl (C=O) groups excluding carboxylic acids is 1. The second-order valence-corrected chi connectivity index (χ2v) is 2.85. The van der Waals surface area contributed by atoms with Gasteiger partial charge in [-0.05, 0) is 24.8 Å². The van der Waals surface area contributed by atoms with Crippen molar-refractivity contribution >= 4 is 6.29 Å². The van der Waals surface area contributed by atoms with Gasteiger partial charge < -0.3 is 0 Å². The van der Waals surface area contributed by atoms with Crippen LogP contribution in [0.5, 0.6) is 0 Å². The van der Waals surface area contributed by atoms with Crippen molar-refractivity contribution in [3.8, 4) is 0 Å². The van der Waals surface area contributed by atoms with Crippen LogP contribution in [0.4, 0.5) is 0 Å². The summed E-state index contributed by atoms with van der Waals surface area (Å²) in [5.41, 5.74) is 2.15. The second kappa shape index (κ2) is 2.82. The first kappa shape index (κ1) is 7.26. The summed E-state index contributed by atoms with van der Waals surface area (Å²) in [6, 6.07) is 0. The summed E-state index contributed by atoms with van der Waals surface area (Å²) in [6.45, 7) is 4.16. The Morgan fingerprint density at radius 1 is 1.70 bits per heavy atom. The van der Waals surface area contributed by atoms with Crippen LogP contribution in [-0.4, -0.2) is 11.1 Å². The lowest BCUT2D eigenvalue weighted by molar-refractivity contribution is 0.686. The lowest BCUT2D eigenvalue weighted by Gasteiger charge is -2.10. The highest BCUT2D eigenvalue weighted by atomic mass is 16.1. The van der Waals surface area contributed by atoms with Gasteiger partial charge in [0.15, 0.2) is 0 Å². The number of rotatable bonds is 1. The van der Waals surface area contributed by atoms with E-state index in [-0.39, 0.29) is 0 Å². The van der Waals surface area contributed by atoms with E-state index in [4.69, 9.17) is 4.79 Å². The minimum absolute atomic E-state index is 0.571. The highest BCUT2D eigenvalue weighted by Crippen LogP contribution is 2.20. The average Bonchev–Trinajstić information content (AvgIpc) is 1.94. The van der Waals surface area contributed by atoms with Crippen LogP contribution in [0.1, 0.15) is 20.3 Å². The minimum atomic E-state index is 0.571. The van der Waals surface area contributed by atoms with E-state index in [9.17, 15) is 0 Å². The molecular weight excluding hydrogens is 124 g/mol. The molecule has 0 unspecified atom stereocenters. The quantitative estimate of drug-likeness (QED) is 0.390. The van der Waals surface area contributed by atoms with Crippen LogP contribution >= 0.6 is 0 Å². The fourth-order valence-corrected chi connectivity index (χ4v) is 1.13. The zero-order chi connectivity index (χ0) is 7.56. The van der Waals surface area contributed by atoms with Gasteiger partial charge in [0, 0.05) is 0 Å². The minimum Gasteiger partial charge on any atom is -0.281 e. The van der Waals surface area contributed by atoms with Gasteiger partial charge in [0.05, 0.1) is 5.57 Å². The van der Waals surface area contributed by atoms with Crippen LogP contribution in [0.25, 0.3) is 0 Å². The highest BCUT2D eigenvalue weighted by molar-refractivity contribution is 5.81. The molecule has 0 amide bonds. The van der Waals surface area contributed by atoms with Crippen LogP contribution < -0.4 is 0 Å². The van der Waals surface area contributed by atoms with Gasteiger partial charge in [0.2, 0.25) is 0 Å². The van der Waals surface area contributed by atoms with Gasteiger partial charge >= 0.3 is 6.29 Å². The summed E-state index contributed by atoms with van der Waals surface area (Å²) in [6.07, 6.45) is 6.53. The van der Waals surface area contributed by atoms with Crippen molar-refractivity contribution in [2.45, 2.75) is 20.3 Å². The Hall–Kier alpha value is -0.850. The van der Waals surface area contributed by atoms with Crippen molar-refractivity contribution in [2.75, 3.05) is 0 Å². The van der Waals surface area contributed by atoms with Crippen LogP contribution in [0.2, 0.25) is 0 Å². The Labute approximate surface area is 61.4 Å². The predicted octanol–water partition coefficient (Wildman–Crippen LogP) is 2.07. The summed E-state index contributed by atoms with van der Waals surface area (Å²) in [5.74, 6) is 0.571. The van der Waals surface area contributed by atoms with Crippen molar-refractivity contribution in [3.63, 3.8) is 0 Å². The molecule has 0 saturated heterocycles. The number of hydrogen-bond acceptors (Lipinski definition) is 0. The Bertz CT molecular complexity index is 199. The number of hydrogen-bond donors (Lipinski definition) is 0. The van der Waals surface area contributed by atoms with Gasteiger partial charge in [0.1, 0.15) is 0 Å². The predicted molar refractivity (Wildman–Crippen MR) is 43.6 cm³/mol. The van der Waals surface area contributed by atoms with E-state index in [2.05, 4.69) is 19.1 Å². The lowest BCUT2D eigenvalue weighted by Crippen LogP contribution is -2.00. The SMILES string of the molecule is CC1=CC[C@H](C)C=C1C=[OH+]. The van der Waals surface area contributed by atoms with Gasteiger partial charge in [-0.1, -0.05) is 19.1 Å². The molecule has 1 heteroatoms. The van der Waals surface area contributed by atoms with E-state index in [1.807, 2.05) is 6.92 Å². The van der Waals surface area contributed by atoms with Crippen LogP contribution in [0, 0.1) is 5.92 Å². The molecule has 0 aromatic carbocycles. The molecule has 0 heterocycles. The van der Waals surface area contributed by atoms with Crippen molar-refractivity contribution in [1.29, 1.82) is 0 Å². The fraction of sp³-hybridized carbons (Fsp3) is 0.444. The first-order chi connectivity index (χ1) is 4.74. The Morgan fingerprint density at radius 3 is 2.90 bits per heavy atom. The zero-order valence-electron chi connectivity index (χ0n) is 6.46. The zero-order valence-corrected chi connectivity index (χ0v) is 6.46. The monoisotopic (exact) mass is 137 g/mol. The third kappa shape index (κ3) is 1.35. The van der Waals surface area contributed by atoms with E-state index < -0.39 is 0 Å². The molecule has 0 saturated carbocycles. The molecule has 1 rings (SSSR count). The molecular formula is C9H13O+. The number of allylic oxidation sites excluding steroid dienone is 4. The molecule has 0 fully saturated rings. The topological polar surface area (TPSA) is 21.4 Å². The largest absolute Gasteiger partial charge is 0.312 e. The van der Waals surface area contributed by atoms with Gasteiger partial charge in [-0.3, -0.25) is 4.79 Å². The maximum absolute atomic E-state index is 8.75. The first-order valence-corrected chi connectivity index (χ1v) is 3.60. The van der Waals surface area contributed by atoms with E-state index in [1.54, 1.807) is 0 Å². The summed E-state index contributed by atoms with van der Waals surface area (Å²) in [7, 11) is 0. The normalized spacial score (nSPS) is 25.2. The fourth-order valence-electron chi connectivity index (χ4n) is 1.13. The Kier molecular flexibility index (Phi) is 2.05. The Balaban J connectivity index is 2.83. The highest BCUT2D eigenvalue weighted by Gasteiger charge is 2.09. The molecule has 0 aromatic heterocycles. The molecule has 1 nitrogen and oxygen atoms in total. The maximum atomic E-state index is 8.75. The molecule has 0 aromatic rings. The molecule has 0 aliphatic heterocycles. The molecule has 1 N–H and O–H groups in total. The van der Waals surface area contributed by atoms with Gasteiger partial charge in [0.25, 0.3) is 0 Å². The van der Waals surface area contributed by atoms with Crippen molar-refractivity contribution < 1.29 is 4.79 Å². The van der Waals surface area contributed by atoms with Gasteiger partial charge in [-0.25, -0.2) is 0 Å². The molecule has 0 spiro atoms. The molecule has 0 radical (unpaired) electrons. The smallest absolute Gasteiger partial charge is 0.281 e. The summed E-state index contributed by atoms with van der Waals surface area (Å²) in [4.78, 5) is 8.75. The molecule has 1 aliphatic carbocycles. The van der Waals surface area contributed by atoms with Crippen LogP contribution in [0.3, 0.4) is 0 Å². The van der Waals surface area contributed by atoms with E-state index >= 15 is 0 Å². The standard InChI is InChI=1S/C9H12O/c1-7-3-4-8(2)9(5-7)6-10/h4-7H,3H2,1-2H3/p+1/t7-/m0/s1. The third-order valence-electron chi connectivity index (χ3n) is 1.85. The van der Waals surface area contributed by atoms with Crippen LogP contribution in [-0.2, 0) is 0 Å². The van der Waals surface area contributed by atoms with Gasteiger partial charge in [-0.15, -0.1) is 0 Å². The van der Waals surface area contributed by atoms with Gasteiger partial charge in [-0.2, -0.15) is 0 Å². The second-order valence-electron chi connectivity index (χ2n) is 2.85. The molecule has 54 valence electrons. The molecule has 1 aliphatic rings. The first-order valence-electron chi connectivity index (χ1n) is 3.60. The average molecular weight is 137 g/mol. The van der Waals surface area contributed by atoms with Crippen molar-refractivity contribution in [2.24, 2.45) is 5.92 Å². The maximum Gasteiger partial charge on any atom is 0.312 e. The summed E-state index contributed by atoms with van der Waals surface area (Å²) >= 11 is 0. The summed E-state index contributed by atoms with van der Waals surface area (Å²) < 4.78 is 0. The lowest BCUT2D eigenvalue weighted by atomic mass is 9.93. The van der Waals surface area contributed by atoms with Crippen LogP contribution in [0.15, 0.2) is 23.3 Å². The van der Waals surface area contributed by atoms with E-state index in [0.717, 1.165) is 12.0 Å². The molecule has 1 atom stereocenters. The molecule has 10 heavy (non-hydrogen) atoms. The third-order valence-corrected chi connectivity index (χ3v) is 1.85. The van der Waals surface area contributed by atoms with Crippen molar-refractivity contribution in [1.82, 2.24) is 0 Å². The Morgan fingerprint density at radius 2 is 2.40 bits per heavy atom. The summed E-state index contributed by atoms with van der Waals surface area (Å²) in [5, 5.41) is 0. The number of aldehydes is 1. The van der Waals surface area contributed by atoms with Crippen molar-refractivity contribution in [3.05, 3.63) is 23.3 Å². The molecule has 0 bridgehead atoms.